The van der Waals surface area contributed by atoms with Crippen LogP contribution in [0.2, 0.25) is 0 Å². The van der Waals surface area contributed by atoms with E-state index in [1.165, 1.54) is 0 Å². The second-order valence-corrected chi connectivity index (χ2v) is 4.05. The van der Waals surface area contributed by atoms with Gasteiger partial charge in [0.15, 0.2) is 0 Å². The van der Waals surface area contributed by atoms with Crippen LogP contribution in [0.1, 0.15) is 27.2 Å². The lowest BCUT2D eigenvalue weighted by atomic mass is 9.88. The van der Waals surface area contributed by atoms with Gasteiger partial charge in [-0.15, -0.1) is 0 Å². The van der Waals surface area contributed by atoms with E-state index in [9.17, 15) is 4.79 Å². The van der Waals surface area contributed by atoms with Crippen molar-refractivity contribution in [1.29, 1.82) is 0 Å². The van der Waals surface area contributed by atoms with Crippen LogP contribution < -0.4 is 11.1 Å². The minimum absolute atomic E-state index is 0.0696. The molecule has 0 saturated heterocycles. The highest BCUT2D eigenvalue weighted by Crippen LogP contribution is 2.19. The van der Waals surface area contributed by atoms with Crippen molar-refractivity contribution in [3.8, 4) is 0 Å². The maximum Gasteiger partial charge on any atom is 0.207 e. The smallest absolute Gasteiger partial charge is 0.207 e. The molecule has 1 amide bonds. The fourth-order valence-corrected chi connectivity index (χ4v) is 1.06. The molecule has 0 radical (unpaired) electrons. The van der Waals surface area contributed by atoms with E-state index in [0.717, 1.165) is 6.42 Å². The molecule has 0 aliphatic carbocycles. The van der Waals surface area contributed by atoms with Crippen LogP contribution in [0.25, 0.3) is 0 Å². The predicted octanol–water partition coefficient (Wildman–Crippen LogP) is 0.496. The van der Waals surface area contributed by atoms with Crippen molar-refractivity contribution in [2.24, 2.45) is 11.1 Å². The number of amides is 1. The molecule has 0 rings (SSSR count). The highest BCUT2D eigenvalue weighted by molar-refractivity contribution is 5.45. The standard InChI is InChI=1S/C8H18N2O/c1-8(2,3)4-7(9)5-10-6-11/h6-7H,4-5,9H2,1-3H3,(H,10,11)/t7-/m0/s1. The van der Waals surface area contributed by atoms with Gasteiger partial charge in [-0.25, -0.2) is 0 Å². The Morgan fingerprint density at radius 3 is 2.45 bits per heavy atom. The first kappa shape index (κ1) is 10.4. The lowest BCUT2D eigenvalue weighted by Gasteiger charge is -2.22. The van der Waals surface area contributed by atoms with E-state index in [2.05, 4.69) is 26.1 Å². The third-order valence-electron chi connectivity index (χ3n) is 1.34. The van der Waals surface area contributed by atoms with Crippen LogP contribution in [0, 0.1) is 5.41 Å². The molecular formula is C8H18N2O. The second-order valence-electron chi connectivity index (χ2n) is 4.05. The van der Waals surface area contributed by atoms with Crippen molar-refractivity contribution < 1.29 is 4.79 Å². The van der Waals surface area contributed by atoms with Gasteiger partial charge in [0.2, 0.25) is 6.41 Å². The topological polar surface area (TPSA) is 55.1 Å². The van der Waals surface area contributed by atoms with Gasteiger partial charge in [-0.2, -0.15) is 0 Å². The average Bonchev–Trinajstić information content (AvgIpc) is 1.79. The summed E-state index contributed by atoms with van der Waals surface area (Å²) >= 11 is 0. The van der Waals surface area contributed by atoms with E-state index in [1.54, 1.807) is 0 Å². The Morgan fingerprint density at radius 1 is 1.55 bits per heavy atom. The van der Waals surface area contributed by atoms with Gasteiger partial charge in [-0.3, -0.25) is 4.79 Å². The maximum atomic E-state index is 9.91. The summed E-state index contributed by atoms with van der Waals surface area (Å²) < 4.78 is 0. The van der Waals surface area contributed by atoms with Gasteiger partial charge in [-0.05, 0) is 11.8 Å². The predicted molar refractivity (Wildman–Crippen MR) is 46.1 cm³/mol. The first-order valence-electron chi connectivity index (χ1n) is 3.88. The van der Waals surface area contributed by atoms with E-state index in [-0.39, 0.29) is 11.5 Å². The summed E-state index contributed by atoms with van der Waals surface area (Å²) in [6.07, 6.45) is 1.61. The number of carbonyl (C=O) groups is 1. The summed E-state index contributed by atoms with van der Waals surface area (Å²) in [4.78, 5) is 9.91. The fourth-order valence-electron chi connectivity index (χ4n) is 1.06. The number of nitrogens with one attached hydrogen (secondary N) is 1. The Hall–Kier alpha value is -0.570. The summed E-state index contributed by atoms with van der Waals surface area (Å²) in [7, 11) is 0. The van der Waals surface area contributed by atoms with Crippen LogP contribution in [0.15, 0.2) is 0 Å². The molecule has 0 bridgehead atoms. The van der Waals surface area contributed by atoms with E-state index >= 15 is 0 Å². The Balaban J connectivity index is 3.51. The van der Waals surface area contributed by atoms with E-state index in [4.69, 9.17) is 5.73 Å². The van der Waals surface area contributed by atoms with Crippen LogP contribution >= 0.6 is 0 Å². The van der Waals surface area contributed by atoms with Crippen molar-refractivity contribution >= 4 is 6.41 Å². The van der Waals surface area contributed by atoms with Crippen molar-refractivity contribution in [1.82, 2.24) is 5.32 Å². The zero-order valence-corrected chi connectivity index (χ0v) is 7.55. The first-order chi connectivity index (χ1) is 4.95. The number of carbonyl (C=O) groups excluding carboxylic acids is 1. The molecule has 3 heteroatoms. The fraction of sp³-hybridized carbons (Fsp3) is 0.875. The zero-order valence-electron chi connectivity index (χ0n) is 7.55. The summed E-state index contributed by atoms with van der Waals surface area (Å²) in [5.74, 6) is 0. The van der Waals surface area contributed by atoms with Crippen molar-refractivity contribution in [3.63, 3.8) is 0 Å². The van der Waals surface area contributed by atoms with E-state index in [1.807, 2.05) is 0 Å². The SMILES string of the molecule is CC(C)(C)C[C@H](N)CNC=O. The van der Waals surface area contributed by atoms with Crippen molar-refractivity contribution in [3.05, 3.63) is 0 Å². The van der Waals surface area contributed by atoms with Crippen LogP contribution in [-0.4, -0.2) is 19.0 Å². The van der Waals surface area contributed by atoms with Gasteiger partial charge in [0.05, 0.1) is 0 Å². The van der Waals surface area contributed by atoms with Gasteiger partial charge in [-0.1, -0.05) is 20.8 Å². The third kappa shape index (κ3) is 7.33. The van der Waals surface area contributed by atoms with Crippen LogP contribution in [-0.2, 0) is 4.79 Å². The minimum Gasteiger partial charge on any atom is -0.357 e. The van der Waals surface area contributed by atoms with Gasteiger partial charge in [0, 0.05) is 12.6 Å². The van der Waals surface area contributed by atoms with Gasteiger partial charge in [0.1, 0.15) is 0 Å². The summed E-state index contributed by atoms with van der Waals surface area (Å²) in [6, 6.07) is 0.0696. The van der Waals surface area contributed by atoms with Gasteiger partial charge < -0.3 is 11.1 Å². The summed E-state index contributed by atoms with van der Waals surface area (Å²) in [6.45, 7) is 6.97. The second kappa shape index (κ2) is 4.34. The largest absolute Gasteiger partial charge is 0.357 e. The first-order valence-corrected chi connectivity index (χ1v) is 3.88. The molecular weight excluding hydrogens is 140 g/mol. The molecule has 3 nitrogen and oxygen atoms in total. The highest BCUT2D eigenvalue weighted by Gasteiger charge is 2.14. The Kier molecular flexibility index (Phi) is 4.11. The normalized spacial score (nSPS) is 14.2. The molecule has 11 heavy (non-hydrogen) atoms. The van der Waals surface area contributed by atoms with Crippen LogP contribution in [0.3, 0.4) is 0 Å². The number of nitrogens with two attached hydrogens (primary N) is 1. The van der Waals surface area contributed by atoms with Crippen molar-refractivity contribution in [2.75, 3.05) is 6.54 Å². The monoisotopic (exact) mass is 158 g/mol. The molecule has 0 aromatic carbocycles. The molecule has 0 aliphatic rings. The molecule has 0 heterocycles. The number of hydrogen-bond acceptors (Lipinski definition) is 2. The molecule has 0 aliphatic heterocycles. The summed E-state index contributed by atoms with van der Waals surface area (Å²) in [5.41, 5.74) is 5.96. The zero-order chi connectivity index (χ0) is 8.91. The molecule has 0 aromatic rings. The highest BCUT2D eigenvalue weighted by atomic mass is 16.1. The Labute approximate surface area is 68.3 Å². The number of rotatable bonds is 4. The molecule has 0 aromatic heterocycles. The molecule has 1 atom stereocenters. The molecule has 0 unspecified atom stereocenters. The van der Waals surface area contributed by atoms with Gasteiger partial charge in [0.25, 0.3) is 0 Å². The molecule has 66 valence electrons. The molecule has 3 N–H and O–H groups in total. The van der Waals surface area contributed by atoms with Crippen LogP contribution in [0.5, 0.6) is 0 Å². The molecule has 0 fully saturated rings. The Morgan fingerprint density at radius 2 is 2.09 bits per heavy atom. The van der Waals surface area contributed by atoms with Gasteiger partial charge >= 0.3 is 0 Å². The van der Waals surface area contributed by atoms with Crippen molar-refractivity contribution in [2.45, 2.75) is 33.2 Å². The molecule has 0 spiro atoms. The van der Waals surface area contributed by atoms with E-state index < -0.39 is 0 Å². The minimum atomic E-state index is 0.0696. The Bertz CT molecular complexity index is 118. The number of hydrogen-bond donors (Lipinski definition) is 2. The average molecular weight is 158 g/mol. The van der Waals surface area contributed by atoms with Crippen LogP contribution in [0.4, 0.5) is 0 Å². The quantitative estimate of drug-likeness (QED) is 0.585. The van der Waals surface area contributed by atoms with E-state index in [0.29, 0.717) is 13.0 Å². The molecule has 0 saturated carbocycles. The third-order valence-corrected chi connectivity index (χ3v) is 1.34. The maximum absolute atomic E-state index is 9.91. The lowest BCUT2D eigenvalue weighted by molar-refractivity contribution is -0.109. The lowest BCUT2D eigenvalue weighted by Crippen LogP contribution is -2.36. The summed E-state index contributed by atoms with van der Waals surface area (Å²) in [5, 5.41) is 2.57.